The molecule has 0 aliphatic heterocycles. The van der Waals surface area contributed by atoms with Crippen LogP contribution in [-0.2, 0) is 0 Å². The number of hydrogen-bond donors (Lipinski definition) is 0. The van der Waals surface area contributed by atoms with Crippen LogP contribution in [0.3, 0.4) is 0 Å². The van der Waals surface area contributed by atoms with Gasteiger partial charge in [-0.3, -0.25) is 4.68 Å². The molecule has 0 atom stereocenters. The van der Waals surface area contributed by atoms with E-state index in [2.05, 4.69) is 11.5 Å². The second-order valence-electron chi connectivity index (χ2n) is 2.55. The van der Waals surface area contributed by atoms with E-state index in [9.17, 15) is 4.39 Å². The van der Waals surface area contributed by atoms with E-state index in [1.165, 1.54) is 12.4 Å². The normalized spacial score (nSPS) is 18.9. The SMILES string of the molecule is Fc1cnn(C2C[CH]C2)c1. The number of rotatable bonds is 1. The molecule has 1 radical (unpaired) electrons. The third kappa shape index (κ3) is 0.818. The van der Waals surface area contributed by atoms with Gasteiger partial charge in [0.2, 0.25) is 0 Å². The molecule has 1 heterocycles. The highest BCUT2D eigenvalue weighted by Gasteiger charge is 2.19. The van der Waals surface area contributed by atoms with E-state index in [1.807, 2.05) is 0 Å². The Morgan fingerprint density at radius 1 is 1.60 bits per heavy atom. The quantitative estimate of drug-likeness (QED) is 0.577. The van der Waals surface area contributed by atoms with Gasteiger partial charge in [-0.05, 0) is 19.3 Å². The lowest BCUT2D eigenvalue weighted by atomic mass is 9.93. The summed E-state index contributed by atoms with van der Waals surface area (Å²) < 4.78 is 14.0. The first kappa shape index (κ1) is 5.89. The molecule has 1 saturated carbocycles. The van der Waals surface area contributed by atoms with Gasteiger partial charge in [-0.2, -0.15) is 5.10 Å². The first-order valence-electron chi connectivity index (χ1n) is 3.37. The summed E-state index contributed by atoms with van der Waals surface area (Å²) in [4.78, 5) is 0. The van der Waals surface area contributed by atoms with Crippen LogP contribution in [0.5, 0.6) is 0 Å². The maximum absolute atomic E-state index is 12.4. The minimum absolute atomic E-state index is 0.244. The summed E-state index contributed by atoms with van der Waals surface area (Å²) in [5.41, 5.74) is 0. The van der Waals surface area contributed by atoms with Gasteiger partial charge in [0.1, 0.15) is 0 Å². The van der Waals surface area contributed by atoms with E-state index in [0.29, 0.717) is 6.04 Å². The Kier molecular flexibility index (Phi) is 1.22. The van der Waals surface area contributed by atoms with Crippen molar-refractivity contribution in [1.29, 1.82) is 0 Å². The van der Waals surface area contributed by atoms with E-state index in [0.717, 1.165) is 12.8 Å². The van der Waals surface area contributed by atoms with Crippen molar-refractivity contribution in [3.63, 3.8) is 0 Å². The van der Waals surface area contributed by atoms with Gasteiger partial charge in [-0.25, -0.2) is 4.39 Å². The van der Waals surface area contributed by atoms with Crippen molar-refractivity contribution in [3.05, 3.63) is 24.6 Å². The van der Waals surface area contributed by atoms with Crippen molar-refractivity contribution < 1.29 is 4.39 Å². The summed E-state index contributed by atoms with van der Waals surface area (Å²) in [5.74, 6) is -0.244. The fourth-order valence-corrected chi connectivity index (χ4v) is 1.05. The molecule has 2 rings (SSSR count). The molecule has 1 aliphatic carbocycles. The largest absolute Gasteiger partial charge is 0.267 e. The van der Waals surface area contributed by atoms with E-state index in [1.54, 1.807) is 4.68 Å². The number of aromatic nitrogens is 2. The molecular formula is C7H8FN2. The summed E-state index contributed by atoms with van der Waals surface area (Å²) in [6.45, 7) is 0. The van der Waals surface area contributed by atoms with Crippen LogP contribution in [0.4, 0.5) is 4.39 Å². The predicted molar refractivity (Wildman–Crippen MR) is 34.8 cm³/mol. The third-order valence-corrected chi connectivity index (χ3v) is 1.82. The Hall–Kier alpha value is -0.860. The van der Waals surface area contributed by atoms with Crippen LogP contribution < -0.4 is 0 Å². The summed E-state index contributed by atoms with van der Waals surface area (Å²) in [5, 5.41) is 3.86. The highest BCUT2D eigenvalue weighted by atomic mass is 19.1. The van der Waals surface area contributed by atoms with Gasteiger partial charge in [0.25, 0.3) is 0 Å². The van der Waals surface area contributed by atoms with Crippen molar-refractivity contribution in [2.45, 2.75) is 18.9 Å². The minimum Gasteiger partial charge on any atom is -0.267 e. The highest BCUT2D eigenvalue weighted by Crippen LogP contribution is 2.29. The van der Waals surface area contributed by atoms with Gasteiger partial charge < -0.3 is 0 Å². The number of hydrogen-bond acceptors (Lipinski definition) is 1. The van der Waals surface area contributed by atoms with Gasteiger partial charge in [0, 0.05) is 0 Å². The van der Waals surface area contributed by atoms with Crippen LogP contribution in [0.2, 0.25) is 0 Å². The Balaban J connectivity index is 2.17. The average Bonchev–Trinajstić information content (AvgIpc) is 2.10. The van der Waals surface area contributed by atoms with E-state index in [4.69, 9.17) is 0 Å². The van der Waals surface area contributed by atoms with Crippen LogP contribution in [0.15, 0.2) is 12.4 Å². The zero-order chi connectivity index (χ0) is 6.97. The van der Waals surface area contributed by atoms with Crippen LogP contribution in [-0.4, -0.2) is 9.78 Å². The lowest BCUT2D eigenvalue weighted by Gasteiger charge is -2.24. The average molecular weight is 139 g/mol. The summed E-state index contributed by atoms with van der Waals surface area (Å²) >= 11 is 0. The molecule has 53 valence electrons. The van der Waals surface area contributed by atoms with Crippen molar-refractivity contribution >= 4 is 0 Å². The zero-order valence-electron chi connectivity index (χ0n) is 5.50. The van der Waals surface area contributed by atoms with Crippen LogP contribution in [0.25, 0.3) is 0 Å². The smallest absolute Gasteiger partial charge is 0.161 e. The van der Waals surface area contributed by atoms with Crippen molar-refractivity contribution in [2.75, 3.05) is 0 Å². The maximum Gasteiger partial charge on any atom is 0.161 e. The minimum atomic E-state index is -0.244. The number of halogens is 1. The monoisotopic (exact) mass is 139 g/mol. The van der Waals surface area contributed by atoms with Gasteiger partial charge >= 0.3 is 0 Å². The number of nitrogens with zero attached hydrogens (tertiary/aromatic N) is 2. The standard InChI is InChI=1S/C7H8FN2/c8-6-4-9-10(5-6)7-2-1-3-7/h1,4-5,7H,2-3H2. The molecule has 0 N–H and O–H groups in total. The molecule has 0 unspecified atom stereocenters. The molecule has 0 saturated heterocycles. The van der Waals surface area contributed by atoms with Crippen molar-refractivity contribution in [2.24, 2.45) is 0 Å². The second-order valence-corrected chi connectivity index (χ2v) is 2.55. The van der Waals surface area contributed by atoms with Gasteiger partial charge in [0.15, 0.2) is 5.82 Å². The Bertz CT molecular complexity index is 227. The highest BCUT2D eigenvalue weighted by molar-refractivity contribution is 4.94. The molecular weight excluding hydrogens is 131 g/mol. The molecule has 0 spiro atoms. The van der Waals surface area contributed by atoms with Crippen LogP contribution in [0.1, 0.15) is 18.9 Å². The molecule has 1 aromatic heterocycles. The molecule has 2 nitrogen and oxygen atoms in total. The Morgan fingerprint density at radius 3 is 2.80 bits per heavy atom. The molecule has 1 aromatic rings. The molecule has 1 fully saturated rings. The zero-order valence-corrected chi connectivity index (χ0v) is 5.50. The Labute approximate surface area is 58.7 Å². The molecule has 3 heteroatoms. The van der Waals surface area contributed by atoms with Crippen molar-refractivity contribution in [1.82, 2.24) is 9.78 Å². The topological polar surface area (TPSA) is 17.8 Å². The lowest BCUT2D eigenvalue weighted by Crippen LogP contribution is -2.17. The van der Waals surface area contributed by atoms with Crippen LogP contribution in [0, 0.1) is 12.2 Å². The first-order chi connectivity index (χ1) is 4.86. The molecule has 0 amide bonds. The second kappa shape index (κ2) is 2.08. The first-order valence-corrected chi connectivity index (χ1v) is 3.37. The molecule has 10 heavy (non-hydrogen) atoms. The summed E-state index contributed by atoms with van der Waals surface area (Å²) in [7, 11) is 0. The fraction of sp³-hybridized carbons (Fsp3) is 0.429. The van der Waals surface area contributed by atoms with Crippen molar-refractivity contribution in [3.8, 4) is 0 Å². The fourth-order valence-electron chi connectivity index (χ4n) is 1.05. The van der Waals surface area contributed by atoms with Gasteiger partial charge in [0.05, 0.1) is 18.4 Å². The predicted octanol–water partition coefficient (Wildman–Crippen LogP) is 1.56. The molecule has 0 aromatic carbocycles. The van der Waals surface area contributed by atoms with E-state index >= 15 is 0 Å². The van der Waals surface area contributed by atoms with E-state index < -0.39 is 0 Å². The van der Waals surface area contributed by atoms with Gasteiger partial charge in [-0.15, -0.1) is 0 Å². The third-order valence-electron chi connectivity index (χ3n) is 1.82. The maximum atomic E-state index is 12.4. The van der Waals surface area contributed by atoms with Gasteiger partial charge in [-0.1, -0.05) is 0 Å². The summed E-state index contributed by atoms with van der Waals surface area (Å²) in [6.07, 6.45) is 6.92. The van der Waals surface area contributed by atoms with Crippen LogP contribution >= 0.6 is 0 Å². The summed E-state index contributed by atoms with van der Waals surface area (Å²) in [6, 6.07) is 0.421. The molecule has 0 bridgehead atoms. The van der Waals surface area contributed by atoms with E-state index in [-0.39, 0.29) is 5.82 Å². The Morgan fingerprint density at radius 2 is 2.40 bits per heavy atom. The molecule has 1 aliphatic rings. The lowest BCUT2D eigenvalue weighted by molar-refractivity contribution is 0.363.